The minimum atomic E-state index is -1.06. The molecule has 0 saturated carbocycles. The number of hydrogen-bond acceptors (Lipinski definition) is 5. The fourth-order valence-electron chi connectivity index (χ4n) is 3.73. The molecule has 3 aromatic heterocycles. The lowest BCUT2D eigenvalue weighted by molar-refractivity contribution is 0.194. The normalized spacial score (nSPS) is 10.9. The molecule has 0 atom stereocenters. The van der Waals surface area contributed by atoms with Crippen LogP contribution in [0.15, 0.2) is 85.2 Å². The molecule has 0 radical (unpaired) electrons. The van der Waals surface area contributed by atoms with Gasteiger partial charge in [0.1, 0.15) is 11.3 Å². The highest BCUT2D eigenvalue weighted by molar-refractivity contribution is 5.85. The Morgan fingerprint density at radius 1 is 0.970 bits per heavy atom. The first kappa shape index (κ1) is 20.2. The van der Waals surface area contributed by atoms with E-state index in [-0.39, 0.29) is 6.54 Å². The van der Waals surface area contributed by atoms with Gasteiger partial charge in [0.15, 0.2) is 11.5 Å². The van der Waals surface area contributed by atoms with Gasteiger partial charge < -0.3 is 16.2 Å². The second-order valence-corrected chi connectivity index (χ2v) is 7.46. The van der Waals surface area contributed by atoms with E-state index in [9.17, 15) is 4.79 Å². The smallest absolute Gasteiger partial charge is 0.404 e. The molecule has 1 amide bonds. The monoisotopic (exact) mass is 436 g/mol. The quantitative estimate of drug-likeness (QED) is 0.373. The average molecular weight is 436 g/mol. The fraction of sp³-hybridized carbons (Fsp3) is 0.0400. The van der Waals surface area contributed by atoms with Crippen LogP contribution in [-0.2, 0) is 6.54 Å². The number of benzene rings is 2. The lowest BCUT2D eigenvalue weighted by Crippen LogP contribution is -2.19. The van der Waals surface area contributed by atoms with Crippen LogP contribution in [0, 0.1) is 0 Å². The maximum absolute atomic E-state index is 10.8. The highest BCUT2D eigenvalue weighted by atomic mass is 16.4. The molecule has 3 heterocycles. The third kappa shape index (κ3) is 3.97. The predicted molar refractivity (Wildman–Crippen MR) is 127 cm³/mol. The van der Waals surface area contributed by atoms with Crippen molar-refractivity contribution in [3.63, 3.8) is 0 Å². The van der Waals surface area contributed by atoms with Gasteiger partial charge in [0.2, 0.25) is 0 Å². The highest BCUT2D eigenvalue weighted by Crippen LogP contribution is 2.32. The van der Waals surface area contributed by atoms with E-state index in [1.54, 1.807) is 6.20 Å². The first-order chi connectivity index (χ1) is 16.1. The van der Waals surface area contributed by atoms with Crippen molar-refractivity contribution in [1.29, 1.82) is 0 Å². The molecule has 0 bridgehead atoms. The summed E-state index contributed by atoms with van der Waals surface area (Å²) in [6.07, 6.45) is 2.41. The van der Waals surface area contributed by atoms with Crippen LogP contribution in [0.2, 0.25) is 0 Å². The van der Waals surface area contributed by atoms with E-state index in [1.165, 1.54) is 0 Å². The van der Waals surface area contributed by atoms with Gasteiger partial charge in [-0.15, -0.1) is 0 Å². The second kappa shape index (κ2) is 8.43. The summed E-state index contributed by atoms with van der Waals surface area (Å²) in [6, 6.07) is 23.3. The van der Waals surface area contributed by atoms with E-state index >= 15 is 0 Å². The molecule has 8 nitrogen and oxygen atoms in total. The predicted octanol–water partition coefficient (Wildman–Crippen LogP) is 4.50. The van der Waals surface area contributed by atoms with E-state index in [0.29, 0.717) is 22.9 Å². The largest absolute Gasteiger partial charge is 0.465 e. The van der Waals surface area contributed by atoms with Crippen molar-refractivity contribution in [3.8, 4) is 28.2 Å². The third-order valence-electron chi connectivity index (χ3n) is 5.32. The number of hydrogen-bond donors (Lipinski definition) is 3. The average Bonchev–Trinajstić information content (AvgIpc) is 3.22. The molecule has 0 aliphatic heterocycles. The second-order valence-electron chi connectivity index (χ2n) is 7.46. The molecule has 4 N–H and O–H groups in total. The van der Waals surface area contributed by atoms with Gasteiger partial charge in [0.05, 0.1) is 5.56 Å². The number of anilines is 1. The van der Waals surface area contributed by atoms with E-state index in [0.717, 1.165) is 27.9 Å². The number of fused-ring (bicyclic) bond motifs is 1. The Bertz CT molecular complexity index is 1450. The van der Waals surface area contributed by atoms with Gasteiger partial charge in [-0.05, 0) is 41.5 Å². The van der Waals surface area contributed by atoms with Crippen molar-refractivity contribution < 1.29 is 9.90 Å². The maximum atomic E-state index is 10.8. The summed E-state index contributed by atoms with van der Waals surface area (Å²) < 4.78 is 1.94. The SMILES string of the molecule is Nc1ncccc1-c1nc2cc(-c3ccccc3)cnc2n1-c1ccc(CNC(=O)O)cc1. The highest BCUT2D eigenvalue weighted by Gasteiger charge is 2.18. The molecule has 0 fully saturated rings. The van der Waals surface area contributed by atoms with Gasteiger partial charge in [0.25, 0.3) is 0 Å². The fourth-order valence-corrected chi connectivity index (χ4v) is 3.73. The van der Waals surface area contributed by atoms with Gasteiger partial charge in [-0.2, -0.15) is 0 Å². The van der Waals surface area contributed by atoms with Crippen molar-refractivity contribution in [2.24, 2.45) is 0 Å². The van der Waals surface area contributed by atoms with Crippen molar-refractivity contribution in [3.05, 3.63) is 90.8 Å². The summed E-state index contributed by atoms with van der Waals surface area (Å²) in [5, 5.41) is 11.2. The summed E-state index contributed by atoms with van der Waals surface area (Å²) in [4.78, 5) is 24.6. The number of pyridine rings is 2. The molecule has 0 unspecified atom stereocenters. The number of nitrogens with one attached hydrogen (secondary N) is 1. The van der Waals surface area contributed by atoms with Crippen molar-refractivity contribution >= 4 is 23.1 Å². The zero-order valence-electron chi connectivity index (χ0n) is 17.5. The number of nitrogens with two attached hydrogens (primary N) is 1. The molecule has 0 spiro atoms. The molecule has 5 rings (SSSR count). The number of nitrogens with zero attached hydrogens (tertiary/aromatic N) is 4. The first-order valence-electron chi connectivity index (χ1n) is 10.3. The van der Waals surface area contributed by atoms with Gasteiger partial charge >= 0.3 is 6.09 Å². The van der Waals surface area contributed by atoms with Crippen LogP contribution in [0.4, 0.5) is 10.6 Å². The molecule has 0 saturated heterocycles. The van der Waals surface area contributed by atoms with Gasteiger partial charge in [-0.1, -0.05) is 42.5 Å². The number of amides is 1. The Balaban J connectivity index is 1.66. The van der Waals surface area contributed by atoms with E-state index in [2.05, 4.69) is 10.3 Å². The molecule has 0 aliphatic carbocycles. The number of imidazole rings is 1. The number of rotatable bonds is 5. The number of aromatic nitrogens is 4. The van der Waals surface area contributed by atoms with Crippen LogP contribution in [0.25, 0.3) is 39.4 Å². The Morgan fingerprint density at radius 2 is 1.76 bits per heavy atom. The maximum Gasteiger partial charge on any atom is 0.404 e. The van der Waals surface area contributed by atoms with Crippen molar-refractivity contribution in [2.75, 3.05) is 5.73 Å². The van der Waals surface area contributed by atoms with Crippen molar-refractivity contribution in [1.82, 2.24) is 24.8 Å². The van der Waals surface area contributed by atoms with Crippen LogP contribution >= 0.6 is 0 Å². The number of nitrogen functional groups attached to an aromatic ring is 1. The molecule has 33 heavy (non-hydrogen) atoms. The Labute approximate surface area is 189 Å². The first-order valence-corrected chi connectivity index (χ1v) is 10.3. The molecule has 0 aliphatic rings. The number of carboxylic acid groups (broad SMARTS) is 1. The third-order valence-corrected chi connectivity index (χ3v) is 5.32. The zero-order valence-corrected chi connectivity index (χ0v) is 17.5. The standard InChI is InChI=1S/C25H20N6O2/c26-22-20(7-4-12-27-22)23-30-21-13-18(17-5-2-1-3-6-17)15-28-24(21)31(23)19-10-8-16(9-11-19)14-29-25(32)33/h1-13,15,29H,14H2,(H2,26,27)(H,32,33). The van der Waals surface area contributed by atoms with Gasteiger partial charge in [0, 0.05) is 30.2 Å². The lowest BCUT2D eigenvalue weighted by atomic mass is 10.1. The summed E-state index contributed by atoms with van der Waals surface area (Å²) in [7, 11) is 0. The summed E-state index contributed by atoms with van der Waals surface area (Å²) in [5.74, 6) is 1.00. The van der Waals surface area contributed by atoms with Crippen LogP contribution in [-0.4, -0.2) is 30.7 Å². The summed E-state index contributed by atoms with van der Waals surface area (Å²) >= 11 is 0. The minimum absolute atomic E-state index is 0.224. The lowest BCUT2D eigenvalue weighted by Gasteiger charge is -2.11. The summed E-state index contributed by atoms with van der Waals surface area (Å²) in [6.45, 7) is 0.224. The minimum Gasteiger partial charge on any atom is -0.465 e. The Hall–Kier alpha value is -4.72. The molecular formula is C25H20N6O2. The molecule has 162 valence electrons. The molecule has 2 aromatic carbocycles. The molecule has 8 heteroatoms. The molecular weight excluding hydrogens is 416 g/mol. The topological polar surface area (TPSA) is 119 Å². The molecule has 5 aromatic rings. The van der Waals surface area contributed by atoms with Gasteiger partial charge in [-0.3, -0.25) is 4.57 Å². The number of carbonyl (C=O) groups is 1. The van der Waals surface area contributed by atoms with Crippen molar-refractivity contribution in [2.45, 2.75) is 6.54 Å². The Kier molecular flexibility index (Phi) is 5.16. The van der Waals surface area contributed by atoms with Crippen LogP contribution in [0.5, 0.6) is 0 Å². The Morgan fingerprint density at radius 3 is 2.48 bits per heavy atom. The zero-order chi connectivity index (χ0) is 22.8. The van der Waals surface area contributed by atoms with Crippen LogP contribution < -0.4 is 11.1 Å². The van der Waals surface area contributed by atoms with Crippen LogP contribution in [0.3, 0.4) is 0 Å². The van der Waals surface area contributed by atoms with Gasteiger partial charge in [-0.25, -0.2) is 19.7 Å². The van der Waals surface area contributed by atoms with E-state index in [1.807, 2.05) is 83.6 Å². The van der Waals surface area contributed by atoms with E-state index in [4.69, 9.17) is 20.8 Å². The van der Waals surface area contributed by atoms with E-state index < -0.39 is 6.09 Å². The summed E-state index contributed by atoms with van der Waals surface area (Å²) in [5.41, 5.74) is 12.0. The van der Waals surface area contributed by atoms with Crippen LogP contribution in [0.1, 0.15) is 5.56 Å².